The molecule has 6 heteroatoms. The van der Waals surface area contributed by atoms with Crippen LogP contribution in [0, 0.1) is 6.92 Å². The van der Waals surface area contributed by atoms with Crippen molar-refractivity contribution in [3.63, 3.8) is 0 Å². The van der Waals surface area contributed by atoms with Crippen molar-refractivity contribution in [3.8, 4) is 0 Å². The first-order valence-electron chi connectivity index (χ1n) is 8.07. The Bertz CT molecular complexity index is 724. The quantitative estimate of drug-likeness (QED) is 0.859. The zero-order valence-corrected chi connectivity index (χ0v) is 13.7. The molecule has 2 aromatic rings. The minimum atomic E-state index is -0.212. The molecule has 0 aromatic carbocycles. The maximum absolute atomic E-state index is 11.3. The van der Waals surface area contributed by atoms with Crippen molar-refractivity contribution >= 4 is 22.2 Å². The molecule has 5 nitrogen and oxygen atoms in total. The van der Waals surface area contributed by atoms with Gasteiger partial charge in [0.1, 0.15) is 0 Å². The number of carbonyl (C=O) groups is 1. The van der Waals surface area contributed by atoms with Crippen molar-refractivity contribution < 1.29 is 4.79 Å². The third kappa shape index (κ3) is 2.34. The molecular formula is C16H22N4OS. The Kier molecular flexibility index (Phi) is 3.27. The van der Waals surface area contributed by atoms with Crippen molar-refractivity contribution in [2.45, 2.75) is 63.5 Å². The number of nitrogens with one attached hydrogen (secondary N) is 1. The van der Waals surface area contributed by atoms with Crippen LogP contribution in [0.4, 0.5) is 0 Å². The van der Waals surface area contributed by atoms with E-state index in [1.807, 2.05) is 0 Å². The lowest BCUT2D eigenvalue weighted by molar-refractivity contribution is -0.120. The maximum Gasteiger partial charge on any atom is 0.219 e. The van der Waals surface area contributed by atoms with Crippen molar-refractivity contribution in [1.29, 1.82) is 0 Å². The highest BCUT2D eigenvalue weighted by Gasteiger charge is 2.38. The van der Waals surface area contributed by atoms with Gasteiger partial charge in [0, 0.05) is 35.5 Å². The van der Waals surface area contributed by atoms with Gasteiger partial charge >= 0.3 is 0 Å². The van der Waals surface area contributed by atoms with E-state index in [9.17, 15) is 4.79 Å². The molecule has 0 saturated heterocycles. The fourth-order valence-electron chi connectivity index (χ4n) is 3.54. The van der Waals surface area contributed by atoms with Crippen LogP contribution >= 0.6 is 11.3 Å². The molecule has 0 radical (unpaired) electrons. The number of thiazole rings is 1. The average molecular weight is 318 g/mol. The fourth-order valence-corrected chi connectivity index (χ4v) is 4.57. The van der Waals surface area contributed by atoms with Crippen LogP contribution in [0.1, 0.15) is 61.5 Å². The van der Waals surface area contributed by atoms with Crippen LogP contribution in [0.15, 0.2) is 5.38 Å². The summed E-state index contributed by atoms with van der Waals surface area (Å²) in [4.78, 5) is 17.1. The summed E-state index contributed by atoms with van der Waals surface area (Å²) in [5, 5.41) is 5.87. The standard InChI is InChI=1S/C16H22N4OS/c1-10-12(8-18-16(5-2-6-16)7-14(17)21)20-13(11-3-4-11)9-22-15(20)19-10/h9,11,18H,2-8H2,1H3,(H2,17,21). The van der Waals surface area contributed by atoms with Crippen molar-refractivity contribution in [2.24, 2.45) is 5.73 Å². The molecule has 4 rings (SSSR count). The van der Waals surface area contributed by atoms with Crippen molar-refractivity contribution in [3.05, 3.63) is 22.5 Å². The van der Waals surface area contributed by atoms with Gasteiger partial charge in [0.25, 0.3) is 0 Å². The highest BCUT2D eigenvalue weighted by Crippen LogP contribution is 2.42. The molecule has 0 atom stereocenters. The summed E-state index contributed by atoms with van der Waals surface area (Å²) < 4.78 is 2.33. The molecule has 0 spiro atoms. The van der Waals surface area contributed by atoms with E-state index < -0.39 is 0 Å². The molecule has 2 aromatic heterocycles. The normalized spacial score (nSPS) is 20.2. The van der Waals surface area contributed by atoms with Crippen LogP contribution in [0.3, 0.4) is 0 Å². The molecule has 0 aliphatic heterocycles. The first kappa shape index (κ1) is 14.2. The van der Waals surface area contributed by atoms with Crippen LogP contribution in [-0.2, 0) is 11.3 Å². The van der Waals surface area contributed by atoms with Crippen LogP contribution in [-0.4, -0.2) is 20.8 Å². The number of nitrogens with zero attached hydrogens (tertiary/aromatic N) is 2. The number of imidazole rings is 1. The number of nitrogens with two attached hydrogens (primary N) is 1. The summed E-state index contributed by atoms with van der Waals surface area (Å²) in [6.07, 6.45) is 6.27. The number of carbonyl (C=O) groups excluding carboxylic acids is 1. The zero-order chi connectivity index (χ0) is 15.3. The first-order chi connectivity index (χ1) is 10.6. The smallest absolute Gasteiger partial charge is 0.219 e. The van der Waals surface area contributed by atoms with Gasteiger partial charge in [-0.05, 0) is 39.0 Å². The van der Waals surface area contributed by atoms with Crippen LogP contribution in [0.25, 0.3) is 4.96 Å². The molecule has 2 aliphatic carbocycles. The lowest BCUT2D eigenvalue weighted by Crippen LogP contribution is -2.52. The lowest BCUT2D eigenvalue weighted by atomic mass is 9.74. The summed E-state index contributed by atoms with van der Waals surface area (Å²) in [7, 11) is 0. The van der Waals surface area contributed by atoms with E-state index in [-0.39, 0.29) is 11.4 Å². The maximum atomic E-state index is 11.3. The van der Waals surface area contributed by atoms with Crippen molar-refractivity contribution in [2.75, 3.05) is 0 Å². The van der Waals surface area contributed by atoms with E-state index >= 15 is 0 Å². The number of fused-ring (bicyclic) bond motifs is 1. The van der Waals surface area contributed by atoms with Crippen LogP contribution < -0.4 is 11.1 Å². The van der Waals surface area contributed by atoms with Crippen LogP contribution in [0.5, 0.6) is 0 Å². The summed E-state index contributed by atoms with van der Waals surface area (Å²) in [5.41, 5.74) is 9.08. The van der Waals surface area contributed by atoms with Gasteiger partial charge in [-0.25, -0.2) is 4.98 Å². The molecule has 0 unspecified atom stereocenters. The Morgan fingerprint density at radius 3 is 2.91 bits per heavy atom. The molecule has 2 aliphatic rings. The first-order valence-corrected chi connectivity index (χ1v) is 8.95. The summed E-state index contributed by atoms with van der Waals surface area (Å²) in [5.74, 6) is 0.501. The van der Waals surface area contributed by atoms with E-state index in [0.29, 0.717) is 12.3 Å². The topological polar surface area (TPSA) is 72.4 Å². The van der Waals surface area contributed by atoms with E-state index in [1.165, 1.54) is 30.7 Å². The van der Waals surface area contributed by atoms with Crippen LogP contribution in [0.2, 0.25) is 0 Å². The molecule has 1 amide bonds. The Morgan fingerprint density at radius 2 is 2.32 bits per heavy atom. The number of aromatic nitrogens is 2. The largest absolute Gasteiger partial charge is 0.370 e. The third-order valence-corrected chi connectivity index (χ3v) is 5.98. The van der Waals surface area contributed by atoms with Crippen molar-refractivity contribution in [1.82, 2.24) is 14.7 Å². The number of primary amides is 1. The second-order valence-corrected chi connectivity index (χ2v) is 7.66. The van der Waals surface area contributed by atoms with E-state index in [0.717, 1.165) is 30.0 Å². The number of amides is 1. The summed E-state index contributed by atoms with van der Waals surface area (Å²) >= 11 is 1.73. The highest BCUT2D eigenvalue weighted by molar-refractivity contribution is 7.15. The molecular weight excluding hydrogens is 296 g/mol. The molecule has 22 heavy (non-hydrogen) atoms. The lowest BCUT2D eigenvalue weighted by Gasteiger charge is -2.42. The van der Waals surface area contributed by atoms with Gasteiger partial charge in [0.15, 0.2) is 4.96 Å². The van der Waals surface area contributed by atoms with E-state index in [4.69, 9.17) is 10.7 Å². The zero-order valence-electron chi connectivity index (χ0n) is 12.9. The number of rotatable bonds is 6. The SMILES string of the molecule is Cc1nc2scc(C3CC3)n2c1CNC1(CC(N)=O)CCC1. The second kappa shape index (κ2) is 5.06. The van der Waals surface area contributed by atoms with Gasteiger partial charge in [-0.3, -0.25) is 9.20 Å². The van der Waals surface area contributed by atoms with E-state index in [2.05, 4.69) is 22.0 Å². The Hall–Kier alpha value is -1.40. The Labute approximate surface area is 133 Å². The third-order valence-electron chi connectivity index (χ3n) is 5.14. The molecule has 2 fully saturated rings. The number of hydrogen-bond donors (Lipinski definition) is 2. The van der Waals surface area contributed by atoms with Gasteiger partial charge in [-0.1, -0.05) is 0 Å². The number of hydrogen-bond acceptors (Lipinski definition) is 4. The van der Waals surface area contributed by atoms with Gasteiger partial charge < -0.3 is 11.1 Å². The fraction of sp³-hybridized carbons (Fsp3) is 0.625. The molecule has 118 valence electrons. The predicted octanol–water partition coefficient (Wildman–Crippen LogP) is 2.47. The highest BCUT2D eigenvalue weighted by atomic mass is 32.1. The van der Waals surface area contributed by atoms with Gasteiger partial charge in [0.05, 0.1) is 11.4 Å². The Balaban J connectivity index is 1.59. The molecule has 3 N–H and O–H groups in total. The predicted molar refractivity (Wildman–Crippen MR) is 87.0 cm³/mol. The Morgan fingerprint density at radius 1 is 1.55 bits per heavy atom. The second-order valence-electron chi connectivity index (χ2n) is 6.83. The van der Waals surface area contributed by atoms with E-state index in [1.54, 1.807) is 11.3 Å². The molecule has 2 saturated carbocycles. The molecule has 2 heterocycles. The molecule has 0 bridgehead atoms. The average Bonchev–Trinajstić information content (AvgIpc) is 3.11. The minimum absolute atomic E-state index is 0.0851. The summed E-state index contributed by atoms with van der Waals surface area (Å²) in [6.45, 7) is 2.84. The summed E-state index contributed by atoms with van der Waals surface area (Å²) in [6, 6.07) is 0. The van der Waals surface area contributed by atoms with Gasteiger partial charge in [-0.2, -0.15) is 0 Å². The van der Waals surface area contributed by atoms with Gasteiger partial charge in [0.2, 0.25) is 5.91 Å². The minimum Gasteiger partial charge on any atom is -0.370 e. The monoisotopic (exact) mass is 318 g/mol. The van der Waals surface area contributed by atoms with Gasteiger partial charge in [-0.15, -0.1) is 11.3 Å². The number of aryl methyl sites for hydroxylation is 1.